The first-order valence-corrected chi connectivity index (χ1v) is 13.5. The lowest BCUT2D eigenvalue weighted by Gasteiger charge is -2.28. The van der Waals surface area contributed by atoms with Crippen molar-refractivity contribution >= 4 is 35.0 Å². The van der Waals surface area contributed by atoms with E-state index >= 15 is 0 Å². The summed E-state index contributed by atoms with van der Waals surface area (Å²) in [5.74, 6) is 0. The number of nitrogens with one attached hydrogen (secondary N) is 1. The molecule has 0 atom stereocenters. The van der Waals surface area contributed by atoms with E-state index in [-0.39, 0.29) is 0 Å². The predicted molar refractivity (Wildman–Crippen MR) is 145 cm³/mol. The standard InChI is InChI=1S/C30H30NO2P/c1-30(2,3)33-29(32)31-25-16-13-21-28(22-25)34(26-17-9-5-10-18-26,27-19-11-6-12-20-27)23-24-14-7-4-8-15-24/h4-22H,23H2,1-3H3/p+1. The number of carbonyl (C=O) groups excluding carboxylic acids is 1. The van der Waals surface area contributed by atoms with Gasteiger partial charge in [-0.3, -0.25) is 5.32 Å². The molecule has 0 aromatic heterocycles. The van der Waals surface area contributed by atoms with E-state index in [0.29, 0.717) is 0 Å². The van der Waals surface area contributed by atoms with Crippen LogP contribution in [0.3, 0.4) is 0 Å². The fourth-order valence-corrected chi connectivity index (χ4v) is 8.45. The molecule has 4 heteroatoms. The minimum absolute atomic E-state index is 0.448. The Kier molecular flexibility index (Phi) is 7.14. The second-order valence-corrected chi connectivity index (χ2v) is 12.8. The van der Waals surface area contributed by atoms with Crippen molar-refractivity contribution in [3.8, 4) is 0 Å². The van der Waals surface area contributed by atoms with Crippen molar-refractivity contribution in [2.24, 2.45) is 0 Å². The summed E-state index contributed by atoms with van der Waals surface area (Å²) in [7, 11) is -2.08. The van der Waals surface area contributed by atoms with Crippen molar-refractivity contribution in [2.45, 2.75) is 32.5 Å². The third-order valence-corrected chi connectivity index (χ3v) is 9.95. The van der Waals surface area contributed by atoms with Crippen molar-refractivity contribution in [1.82, 2.24) is 0 Å². The van der Waals surface area contributed by atoms with Crippen molar-refractivity contribution < 1.29 is 9.53 Å². The molecule has 4 aromatic rings. The molecule has 0 radical (unpaired) electrons. The summed E-state index contributed by atoms with van der Waals surface area (Å²) >= 11 is 0. The quantitative estimate of drug-likeness (QED) is 0.327. The smallest absolute Gasteiger partial charge is 0.412 e. The van der Waals surface area contributed by atoms with E-state index in [1.54, 1.807) is 0 Å². The van der Waals surface area contributed by atoms with Gasteiger partial charge in [0.2, 0.25) is 0 Å². The molecule has 0 aliphatic heterocycles. The van der Waals surface area contributed by atoms with Crippen LogP contribution in [0.2, 0.25) is 0 Å². The average molecular weight is 469 g/mol. The molecule has 3 nitrogen and oxygen atoms in total. The normalized spacial score (nSPS) is 11.6. The third-order valence-electron chi connectivity index (χ3n) is 5.59. The van der Waals surface area contributed by atoms with E-state index in [0.717, 1.165) is 11.8 Å². The maximum atomic E-state index is 12.5. The van der Waals surface area contributed by atoms with E-state index in [1.165, 1.54) is 21.5 Å². The molecule has 4 rings (SSSR count). The molecule has 0 bridgehead atoms. The van der Waals surface area contributed by atoms with E-state index in [2.05, 4.69) is 108 Å². The van der Waals surface area contributed by atoms with Crippen molar-refractivity contribution in [2.75, 3.05) is 5.32 Å². The van der Waals surface area contributed by atoms with E-state index in [9.17, 15) is 4.79 Å². The number of benzene rings is 4. The lowest BCUT2D eigenvalue weighted by molar-refractivity contribution is 0.0636. The average Bonchev–Trinajstić information content (AvgIpc) is 2.83. The molecule has 1 amide bonds. The van der Waals surface area contributed by atoms with Crippen molar-refractivity contribution in [3.05, 3.63) is 121 Å². The number of carbonyl (C=O) groups is 1. The number of ether oxygens (including phenoxy) is 1. The van der Waals surface area contributed by atoms with Crippen LogP contribution < -0.4 is 21.2 Å². The second kappa shape index (κ2) is 10.2. The number of hydrogen-bond donors (Lipinski definition) is 1. The van der Waals surface area contributed by atoms with Gasteiger partial charge in [0.05, 0.1) is 6.16 Å². The Morgan fingerprint density at radius 2 is 1.21 bits per heavy atom. The topological polar surface area (TPSA) is 38.3 Å². The molecular formula is C30H31NO2P+. The van der Waals surface area contributed by atoms with Crippen LogP contribution >= 0.6 is 7.26 Å². The summed E-state index contributed by atoms with van der Waals surface area (Å²) in [5, 5.41) is 6.75. The van der Waals surface area contributed by atoms with Crippen LogP contribution in [0.25, 0.3) is 0 Å². The molecule has 1 N–H and O–H groups in total. The molecule has 0 unspecified atom stereocenters. The van der Waals surface area contributed by atoms with Crippen LogP contribution in [0.15, 0.2) is 115 Å². The highest BCUT2D eigenvalue weighted by molar-refractivity contribution is 7.95. The highest BCUT2D eigenvalue weighted by atomic mass is 31.2. The SMILES string of the molecule is CC(C)(C)OC(=O)Nc1cccc([P+](Cc2ccccc2)(c2ccccc2)c2ccccc2)c1. The van der Waals surface area contributed by atoms with E-state index in [1.807, 2.05) is 32.9 Å². The molecule has 0 aliphatic rings. The van der Waals surface area contributed by atoms with Gasteiger partial charge in [-0.15, -0.1) is 0 Å². The molecule has 34 heavy (non-hydrogen) atoms. The minimum Gasteiger partial charge on any atom is -0.444 e. The van der Waals surface area contributed by atoms with Gasteiger partial charge in [0.1, 0.15) is 28.8 Å². The Labute approximate surface area is 203 Å². The first-order chi connectivity index (χ1) is 16.4. The van der Waals surface area contributed by atoms with Crippen molar-refractivity contribution in [1.29, 1.82) is 0 Å². The maximum absolute atomic E-state index is 12.5. The lowest BCUT2D eigenvalue weighted by Crippen LogP contribution is -2.33. The Morgan fingerprint density at radius 1 is 0.706 bits per heavy atom. The zero-order valence-electron chi connectivity index (χ0n) is 19.9. The van der Waals surface area contributed by atoms with Gasteiger partial charge in [0, 0.05) is 11.8 Å². The summed E-state index contributed by atoms with van der Waals surface area (Å²) in [5.41, 5.74) is 1.46. The number of hydrogen-bond acceptors (Lipinski definition) is 2. The Balaban J connectivity index is 1.87. The summed E-state index contributed by atoms with van der Waals surface area (Å²) < 4.78 is 5.49. The highest BCUT2D eigenvalue weighted by Gasteiger charge is 2.45. The first-order valence-electron chi connectivity index (χ1n) is 11.5. The number of anilines is 1. The van der Waals surface area contributed by atoms with E-state index in [4.69, 9.17) is 4.74 Å². The molecule has 0 saturated carbocycles. The Bertz CT molecular complexity index is 1180. The van der Waals surface area contributed by atoms with Crippen LogP contribution in [0, 0.1) is 0 Å². The van der Waals surface area contributed by atoms with Gasteiger partial charge >= 0.3 is 6.09 Å². The monoisotopic (exact) mass is 468 g/mol. The summed E-state index contributed by atoms with van der Waals surface area (Å²) in [6.45, 7) is 5.60. The molecule has 0 saturated heterocycles. The maximum Gasteiger partial charge on any atom is 0.412 e. The highest BCUT2D eigenvalue weighted by Crippen LogP contribution is 2.58. The molecule has 172 valence electrons. The summed E-state index contributed by atoms with van der Waals surface area (Å²) in [6.07, 6.45) is 0.439. The van der Waals surface area contributed by atoms with Crippen LogP contribution in [-0.4, -0.2) is 11.7 Å². The van der Waals surface area contributed by atoms with Gasteiger partial charge in [-0.1, -0.05) is 72.8 Å². The van der Waals surface area contributed by atoms with E-state index < -0.39 is 19.0 Å². The summed E-state index contributed by atoms with van der Waals surface area (Å²) in [6, 6.07) is 40.4. The molecule has 4 aromatic carbocycles. The Hall–Kier alpha value is -3.42. The van der Waals surface area contributed by atoms with Crippen LogP contribution in [0.4, 0.5) is 10.5 Å². The lowest BCUT2D eigenvalue weighted by atomic mass is 10.2. The van der Waals surface area contributed by atoms with Gasteiger partial charge in [0.25, 0.3) is 0 Å². The predicted octanol–water partition coefficient (Wildman–Crippen LogP) is 6.53. The summed E-state index contributed by atoms with van der Waals surface area (Å²) in [4.78, 5) is 12.5. The fraction of sp³-hybridized carbons (Fsp3) is 0.167. The zero-order valence-corrected chi connectivity index (χ0v) is 20.8. The largest absolute Gasteiger partial charge is 0.444 e. The molecule has 0 heterocycles. The fourth-order valence-electron chi connectivity index (χ4n) is 4.19. The van der Waals surface area contributed by atoms with Gasteiger partial charge in [0.15, 0.2) is 0 Å². The van der Waals surface area contributed by atoms with Crippen LogP contribution in [-0.2, 0) is 10.9 Å². The number of rotatable bonds is 6. The molecule has 0 aliphatic carbocycles. The van der Waals surface area contributed by atoms with Gasteiger partial charge in [-0.2, -0.15) is 0 Å². The van der Waals surface area contributed by atoms with Crippen LogP contribution in [0.5, 0.6) is 0 Å². The third kappa shape index (κ3) is 5.55. The van der Waals surface area contributed by atoms with Crippen molar-refractivity contribution in [3.63, 3.8) is 0 Å². The number of amides is 1. The van der Waals surface area contributed by atoms with Gasteiger partial charge < -0.3 is 4.74 Å². The first kappa shape index (κ1) is 23.7. The second-order valence-electron chi connectivity index (χ2n) is 9.30. The Morgan fingerprint density at radius 3 is 1.74 bits per heavy atom. The van der Waals surface area contributed by atoms with Gasteiger partial charge in [-0.05, 0) is 62.7 Å². The minimum atomic E-state index is -2.08. The molecular weight excluding hydrogens is 437 g/mol. The van der Waals surface area contributed by atoms with Crippen LogP contribution in [0.1, 0.15) is 26.3 Å². The zero-order chi connectivity index (χ0) is 24.0. The van der Waals surface area contributed by atoms with Gasteiger partial charge in [-0.25, -0.2) is 4.79 Å². The molecule has 0 fully saturated rings. The molecule has 0 spiro atoms.